The van der Waals surface area contributed by atoms with Crippen LogP contribution >= 0.6 is 0 Å². The van der Waals surface area contributed by atoms with Crippen molar-refractivity contribution in [3.8, 4) is 11.8 Å². The van der Waals surface area contributed by atoms with Crippen LogP contribution < -0.4 is 5.32 Å². The third-order valence-corrected chi connectivity index (χ3v) is 2.25. The van der Waals surface area contributed by atoms with Gasteiger partial charge in [0.15, 0.2) is 0 Å². The van der Waals surface area contributed by atoms with Gasteiger partial charge in [-0.2, -0.15) is 0 Å². The molecule has 0 aliphatic heterocycles. The fourth-order valence-electron chi connectivity index (χ4n) is 1.50. The predicted molar refractivity (Wildman–Crippen MR) is 64.8 cm³/mol. The van der Waals surface area contributed by atoms with Gasteiger partial charge in [0, 0.05) is 5.56 Å². The van der Waals surface area contributed by atoms with Gasteiger partial charge in [0.05, 0.1) is 6.54 Å². The standard InChI is InChI=1S/C14H13N/c1-15-10-4-5-12-8-9-13-6-2-3-7-14(13)11-12/h2-3,6-9,11,15H,10H2,1H3. The van der Waals surface area contributed by atoms with Gasteiger partial charge in [0.2, 0.25) is 0 Å². The molecule has 0 aliphatic carbocycles. The van der Waals surface area contributed by atoms with Gasteiger partial charge >= 0.3 is 0 Å². The Kier molecular flexibility index (Phi) is 3.02. The van der Waals surface area contributed by atoms with E-state index in [1.165, 1.54) is 10.8 Å². The summed E-state index contributed by atoms with van der Waals surface area (Å²) in [6.45, 7) is 0.729. The van der Waals surface area contributed by atoms with E-state index in [4.69, 9.17) is 0 Å². The first-order chi connectivity index (χ1) is 7.40. The fraction of sp³-hybridized carbons (Fsp3) is 0.143. The number of nitrogens with one attached hydrogen (secondary N) is 1. The Morgan fingerprint density at radius 3 is 2.67 bits per heavy atom. The Morgan fingerprint density at radius 1 is 1.07 bits per heavy atom. The second-order valence-electron chi connectivity index (χ2n) is 3.39. The van der Waals surface area contributed by atoms with Crippen molar-refractivity contribution in [2.24, 2.45) is 0 Å². The molecule has 74 valence electrons. The first-order valence-corrected chi connectivity index (χ1v) is 5.02. The molecule has 1 nitrogen and oxygen atoms in total. The van der Waals surface area contributed by atoms with Gasteiger partial charge in [0.25, 0.3) is 0 Å². The molecular formula is C14H13N. The van der Waals surface area contributed by atoms with Crippen LogP contribution in [-0.4, -0.2) is 13.6 Å². The van der Waals surface area contributed by atoms with E-state index in [2.05, 4.69) is 53.6 Å². The summed E-state index contributed by atoms with van der Waals surface area (Å²) in [6.07, 6.45) is 0. The van der Waals surface area contributed by atoms with E-state index in [1.54, 1.807) is 0 Å². The maximum absolute atomic E-state index is 3.13. The minimum Gasteiger partial charge on any atom is -0.309 e. The van der Waals surface area contributed by atoms with Gasteiger partial charge in [-0.3, -0.25) is 0 Å². The monoisotopic (exact) mass is 195 g/mol. The maximum atomic E-state index is 3.13. The zero-order chi connectivity index (χ0) is 10.5. The van der Waals surface area contributed by atoms with Crippen molar-refractivity contribution in [2.45, 2.75) is 0 Å². The number of hydrogen-bond donors (Lipinski definition) is 1. The normalized spacial score (nSPS) is 9.67. The summed E-state index contributed by atoms with van der Waals surface area (Å²) < 4.78 is 0. The lowest BCUT2D eigenvalue weighted by molar-refractivity contribution is 0.938. The highest BCUT2D eigenvalue weighted by Crippen LogP contribution is 2.14. The molecule has 15 heavy (non-hydrogen) atoms. The molecule has 0 fully saturated rings. The van der Waals surface area contributed by atoms with E-state index in [-0.39, 0.29) is 0 Å². The maximum Gasteiger partial charge on any atom is 0.0577 e. The smallest absolute Gasteiger partial charge is 0.0577 e. The molecule has 0 bridgehead atoms. The molecule has 2 aromatic carbocycles. The molecule has 1 heteroatoms. The highest BCUT2D eigenvalue weighted by atomic mass is 14.8. The summed E-state index contributed by atoms with van der Waals surface area (Å²) >= 11 is 0. The molecule has 0 unspecified atom stereocenters. The highest BCUT2D eigenvalue weighted by molar-refractivity contribution is 5.83. The summed E-state index contributed by atoms with van der Waals surface area (Å²) in [5.74, 6) is 6.18. The molecule has 0 radical (unpaired) electrons. The fourth-order valence-corrected chi connectivity index (χ4v) is 1.50. The van der Waals surface area contributed by atoms with Crippen molar-refractivity contribution < 1.29 is 0 Å². The minimum atomic E-state index is 0.729. The van der Waals surface area contributed by atoms with Crippen molar-refractivity contribution in [3.63, 3.8) is 0 Å². The predicted octanol–water partition coefficient (Wildman–Crippen LogP) is 2.41. The quantitative estimate of drug-likeness (QED) is 0.689. The molecular weight excluding hydrogens is 182 g/mol. The summed E-state index contributed by atoms with van der Waals surface area (Å²) in [5, 5.41) is 5.51. The first kappa shape index (κ1) is 9.76. The van der Waals surface area contributed by atoms with Crippen molar-refractivity contribution in [2.75, 3.05) is 13.6 Å². The number of benzene rings is 2. The van der Waals surface area contributed by atoms with Gasteiger partial charge < -0.3 is 5.32 Å². The van der Waals surface area contributed by atoms with Crippen molar-refractivity contribution >= 4 is 10.8 Å². The first-order valence-electron chi connectivity index (χ1n) is 5.02. The van der Waals surface area contributed by atoms with Gasteiger partial charge in [-0.1, -0.05) is 42.2 Å². The molecule has 0 saturated carbocycles. The van der Waals surface area contributed by atoms with E-state index >= 15 is 0 Å². The van der Waals surface area contributed by atoms with Crippen LogP contribution in [-0.2, 0) is 0 Å². The summed E-state index contributed by atoms with van der Waals surface area (Å²) in [5.41, 5.74) is 1.07. The summed E-state index contributed by atoms with van der Waals surface area (Å²) in [7, 11) is 1.90. The van der Waals surface area contributed by atoms with Gasteiger partial charge in [-0.25, -0.2) is 0 Å². The van der Waals surface area contributed by atoms with Gasteiger partial charge in [0.1, 0.15) is 0 Å². The number of fused-ring (bicyclic) bond motifs is 1. The Balaban J connectivity index is 2.36. The van der Waals surface area contributed by atoms with Crippen LogP contribution in [0.5, 0.6) is 0 Å². The Hall–Kier alpha value is -1.78. The van der Waals surface area contributed by atoms with Crippen molar-refractivity contribution in [3.05, 3.63) is 48.0 Å². The van der Waals surface area contributed by atoms with E-state index < -0.39 is 0 Å². The topological polar surface area (TPSA) is 12.0 Å². The van der Waals surface area contributed by atoms with Crippen molar-refractivity contribution in [1.82, 2.24) is 5.32 Å². The molecule has 0 aromatic heterocycles. The molecule has 0 aliphatic rings. The lowest BCUT2D eigenvalue weighted by atomic mass is 10.1. The van der Waals surface area contributed by atoms with Crippen LogP contribution in [0.2, 0.25) is 0 Å². The van der Waals surface area contributed by atoms with E-state index in [9.17, 15) is 0 Å². The number of hydrogen-bond acceptors (Lipinski definition) is 1. The Labute approximate surface area is 90.1 Å². The van der Waals surface area contributed by atoms with Crippen LogP contribution in [0.3, 0.4) is 0 Å². The second kappa shape index (κ2) is 4.63. The van der Waals surface area contributed by atoms with Crippen LogP contribution in [0.1, 0.15) is 5.56 Å². The Morgan fingerprint density at radius 2 is 1.87 bits per heavy atom. The SMILES string of the molecule is CNCC#Cc1ccc2ccccc2c1. The third kappa shape index (κ3) is 2.37. The van der Waals surface area contributed by atoms with Crippen LogP contribution in [0, 0.1) is 11.8 Å². The molecule has 0 heterocycles. The lowest BCUT2D eigenvalue weighted by Gasteiger charge is -1.97. The summed E-state index contributed by atoms with van der Waals surface area (Å²) in [4.78, 5) is 0. The average molecular weight is 195 g/mol. The average Bonchev–Trinajstić information content (AvgIpc) is 2.29. The molecule has 0 saturated heterocycles. The molecule has 2 rings (SSSR count). The molecule has 0 amide bonds. The zero-order valence-corrected chi connectivity index (χ0v) is 8.75. The van der Waals surface area contributed by atoms with Crippen LogP contribution in [0.4, 0.5) is 0 Å². The highest BCUT2D eigenvalue weighted by Gasteiger charge is 1.92. The summed E-state index contributed by atoms with van der Waals surface area (Å²) in [6, 6.07) is 14.6. The van der Waals surface area contributed by atoms with E-state index in [0.29, 0.717) is 0 Å². The van der Waals surface area contributed by atoms with Gasteiger partial charge in [-0.05, 0) is 30.0 Å². The molecule has 0 atom stereocenters. The molecule has 0 spiro atoms. The van der Waals surface area contributed by atoms with Crippen LogP contribution in [0.25, 0.3) is 10.8 Å². The number of rotatable bonds is 1. The largest absolute Gasteiger partial charge is 0.309 e. The van der Waals surface area contributed by atoms with Crippen molar-refractivity contribution in [1.29, 1.82) is 0 Å². The zero-order valence-electron chi connectivity index (χ0n) is 8.75. The molecule has 2 aromatic rings. The van der Waals surface area contributed by atoms with Gasteiger partial charge in [-0.15, -0.1) is 0 Å². The Bertz CT molecular complexity index is 517. The lowest BCUT2D eigenvalue weighted by Crippen LogP contribution is -2.04. The third-order valence-electron chi connectivity index (χ3n) is 2.25. The second-order valence-corrected chi connectivity index (χ2v) is 3.39. The molecule has 1 N–H and O–H groups in total. The van der Waals surface area contributed by atoms with Crippen LogP contribution in [0.15, 0.2) is 42.5 Å². The minimum absolute atomic E-state index is 0.729. The van der Waals surface area contributed by atoms with E-state index in [1.807, 2.05) is 13.1 Å². The van der Waals surface area contributed by atoms with E-state index in [0.717, 1.165) is 12.1 Å².